The average Bonchev–Trinajstić information content (AvgIpc) is 3.47. The van der Waals surface area contributed by atoms with Crippen molar-refractivity contribution in [2.75, 3.05) is 13.2 Å². The minimum Gasteiger partial charge on any atom is -0.490 e. The Kier molecular flexibility index (Phi) is 8.78. The molecule has 0 saturated carbocycles. The molecule has 0 radical (unpaired) electrons. The quantitative estimate of drug-likeness (QED) is 0.282. The number of nitriles is 1. The fourth-order valence-electron chi connectivity index (χ4n) is 4.23. The van der Waals surface area contributed by atoms with Crippen LogP contribution >= 0.6 is 22.9 Å². The maximum absolute atomic E-state index is 15.2. The van der Waals surface area contributed by atoms with E-state index >= 15 is 4.39 Å². The first-order chi connectivity index (χ1) is 19.2. The van der Waals surface area contributed by atoms with E-state index in [1.54, 1.807) is 52.8 Å². The molecule has 0 spiro atoms. The molecular weight excluding hydrogens is 571 g/mol. The van der Waals surface area contributed by atoms with Gasteiger partial charge in [-0.15, -0.1) is 10.2 Å². The summed E-state index contributed by atoms with van der Waals surface area (Å²) in [5.74, 6) is -0.236. The van der Waals surface area contributed by atoms with Crippen molar-refractivity contribution in [2.24, 2.45) is 0 Å². The van der Waals surface area contributed by atoms with E-state index < -0.39 is 29.3 Å². The van der Waals surface area contributed by atoms with Crippen LogP contribution in [-0.2, 0) is 9.47 Å². The van der Waals surface area contributed by atoms with Crippen LogP contribution < -0.4 is 9.47 Å². The van der Waals surface area contributed by atoms with Crippen LogP contribution in [0.1, 0.15) is 54.0 Å². The minimum absolute atomic E-state index is 0.0318. The SMILES string of the molecule is CC(C)Oc1ccc(-c2nnc(-c3cc(F)c(OCC4COC(C)(C)N4C(=O)OC(C)(C)C)cc3Cl)s2)cc1C#N. The number of nitrogens with zero attached hydrogens (tertiary/aromatic N) is 4. The molecule has 3 aromatic rings. The number of hydrogen-bond acceptors (Lipinski definition) is 9. The third kappa shape index (κ3) is 7.07. The standard InChI is InChI=1S/C29H32ClFN4O5S/c1-16(2)39-23-9-8-17(10-18(23)13-32)25-33-34-26(41-25)20-11-22(31)24(12-21(20)30)37-14-19-15-38-29(6,7)35(19)27(36)40-28(3,4)5/h8-12,16,19H,14-15H2,1-7H3. The van der Waals surface area contributed by atoms with Crippen molar-refractivity contribution < 1.29 is 28.1 Å². The summed E-state index contributed by atoms with van der Waals surface area (Å²) >= 11 is 7.73. The van der Waals surface area contributed by atoms with Crippen LogP contribution in [0.25, 0.3) is 21.1 Å². The number of amides is 1. The zero-order valence-electron chi connectivity index (χ0n) is 23.9. The monoisotopic (exact) mass is 602 g/mol. The van der Waals surface area contributed by atoms with Crippen LogP contribution in [0.4, 0.5) is 9.18 Å². The van der Waals surface area contributed by atoms with E-state index in [9.17, 15) is 10.1 Å². The van der Waals surface area contributed by atoms with E-state index in [1.165, 1.54) is 28.4 Å². The number of carbonyl (C=O) groups is 1. The van der Waals surface area contributed by atoms with Gasteiger partial charge in [-0.25, -0.2) is 9.18 Å². The maximum atomic E-state index is 15.2. The molecular formula is C29H32ClFN4O5S. The van der Waals surface area contributed by atoms with Crippen molar-refractivity contribution in [3.63, 3.8) is 0 Å². The van der Waals surface area contributed by atoms with Gasteiger partial charge in [0.05, 0.1) is 29.3 Å². The molecule has 12 heteroatoms. The predicted octanol–water partition coefficient (Wildman–Crippen LogP) is 7.07. The Hall–Kier alpha value is -3.46. The fourth-order valence-corrected chi connectivity index (χ4v) is 5.40. The highest BCUT2D eigenvalue weighted by atomic mass is 35.5. The van der Waals surface area contributed by atoms with Gasteiger partial charge in [0.1, 0.15) is 39.8 Å². The van der Waals surface area contributed by atoms with E-state index in [0.29, 0.717) is 32.5 Å². The van der Waals surface area contributed by atoms with Crippen molar-refractivity contribution in [3.8, 4) is 38.7 Å². The molecule has 218 valence electrons. The van der Waals surface area contributed by atoms with Crippen LogP contribution in [0.3, 0.4) is 0 Å². The van der Waals surface area contributed by atoms with Gasteiger partial charge in [-0.1, -0.05) is 22.9 Å². The van der Waals surface area contributed by atoms with Crippen molar-refractivity contribution >= 4 is 29.0 Å². The molecule has 1 amide bonds. The molecule has 1 saturated heterocycles. The molecule has 4 rings (SSSR count). The van der Waals surface area contributed by atoms with E-state index in [2.05, 4.69) is 16.3 Å². The first-order valence-corrected chi connectivity index (χ1v) is 14.2. The second kappa shape index (κ2) is 11.8. The lowest BCUT2D eigenvalue weighted by atomic mass is 10.1. The van der Waals surface area contributed by atoms with Crippen molar-refractivity contribution in [2.45, 2.75) is 71.9 Å². The average molecular weight is 603 g/mol. The molecule has 1 aromatic heterocycles. The molecule has 0 aliphatic carbocycles. The molecule has 9 nitrogen and oxygen atoms in total. The molecule has 1 unspecified atom stereocenters. The van der Waals surface area contributed by atoms with E-state index in [0.717, 1.165) is 0 Å². The maximum Gasteiger partial charge on any atom is 0.413 e. The number of hydrogen-bond donors (Lipinski definition) is 0. The van der Waals surface area contributed by atoms with Gasteiger partial charge in [-0.2, -0.15) is 5.26 Å². The highest BCUT2D eigenvalue weighted by Crippen LogP contribution is 2.38. The van der Waals surface area contributed by atoms with Crippen molar-refractivity contribution in [1.82, 2.24) is 15.1 Å². The van der Waals surface area contributed by atoms with Gasteiger partial charge >= 0.3 is 6.09 Å². The Labute approximate surface area is 247 Å². The summed E-state index contributed by atoms with van der Waals surface area (Å²) in [6.45, 7) is 12.8. The van der Waals surface area contributed by atoms with Gasteiger partial charge in [0, 0.05) is 17.2 Å². The van der Waals surface area contributed by atoms with Gasteiger partial charge in [0.25, 0.3) is 0 Å². The third-order valence-electron chi connectivity index (χ3n) is 5.98. The number of carbonyl (C=O) groups excluding carboxylic acids is 1. The van der Waals surface area contributed by atoms with Crippen molar-refractivity contribution in [1.29, 1.82) is 5.26 Å². The van der Waals surface area contributed by atoms with Gasteiger partial charge in [0.2, 0.25) is 0 Å². The number of ether oxygens (including phenoxy) is 4. The van der Waals surface area contributed by atoms with Crippen LogP contribution in [0.5, 0.6) is 11.5 Å². The van der Waals surface area contributed by atoms with Crippen molar-refractivity contribution in [3.05, 3.63) is 46.7 Å². The van der Waals surface area contributed by atoms with Gasteiger partial charge in [-0.3, -0.25) is 4.90 Å². The summed E-state index contributed by atoms with van der Waals surface area (Å²) in [7, 11) is 0. The predicted molar refractivity (Wildman–Crippen MR) is 154 cm³/mol. The van der Waals surface area contributed by atoms with Gasteiger partial charge in [0.15, 0.2) is 11.6 Å². The second-order valence-electron chi connectivity index (χ2n) is 11.2. The lowest BCUT2D eigenvalue weighted by Crippen LogP contribution is -2.51. The largest absolute Gasteiger partial charge is 0.490 e. The number of benzene rings is 2. The fraction of sp³-hybridized carbons (Fsp3) is 0.448. The lowest BCUT2D eigenvalue weighted by molar-refractivity contribution is -0.0637. The summed E-state index contributed by atoms with van der Waals surface area (Å²) in [6, 6.07) is 9.43. The molecule has 0 bridgehead atoms. The highest BCUT2D eigenvalue weighted by Gasteiger charge is 2.46. The Morgan fingerprint density at radius 3 is 2.61 bits per heavy atom. The van der Waals surface area contributed by atoms with Crippen LogP contribution in [0.15, 0.2) is 30.3 Å². The molecule has 1 fully saturated rings. The topological polar surface area (TPSA) is 107 Å². The summed E-state index contributed by atoms with van der Waals surface area (Å²) < 4.78 is 38.0. The smallest absolute Gasteiger partial charge is 0.413 e. The van der Waals surface area contributed by atoms with E-state index in [1.807, 2.05) is 13.8 Å². The molecule has 1 aliphatic rings. The third-order valence-corrected chi connectivity index (χ3v) is 7.30. The van der Waals surface area contributed by atoms with Crippen LogP contribution in [0, 0.1) is 17.1 Å². The summed E-state index contributed by atoms with van der Waals surface area (Å²) in [5.41, 5.74) is -0.206. The Balaban J connectivity index is 1.51. The zero-order valence-corrected chi connectivity index (χ0v) is 25.5. The molecule has 41 heavy (non-hydrogen) atoms. The molecule has 1 aliphatic heterocycles. The Bertz CT molecular complexity index is 1480. The summed E-state index contributed by atoms with van der Waals surface area (Å²) in [5, 5.41) is 19.1. The van der Waals surface area contributed by atoms with Crippen LogP contribution in [-0.4, -0.2) is 57.9 Å². The molecule has 2 aromatic carbocycles. The summed E-state index contributed by atoms with van der Waals surface area (Å²) in [6.07, 6.45) is -0.620. The van der Waals surface area contributed by atoms with Gasteiger partial charge in [-0.05, 0) is 72.7 Å². The van der Waals surface area contributed by atoms with E-state index in [-0.39, 0.29) is 30.1 Å². The zero-order chi connectivity index (χ0) is 30.1. The minimum atomic E-state index is -0.915. The number of rotatable bonds is 7. The first-order valence-electron chi connectivity index (χ1n) is 13.0. The van der Waals surface area contributed by atoms with Crippen LogP contribution in [0.2, 0.25) is 5.02 Å². The lowest BCUT2D eigenvalue weighted by Gasteiger charge is -2.35. The van der Waals surface area contributed by atoms with E-state index in [4.69, 9.17) is 30.5 Å². The second-order valence-corrected chi connectivity index (χ2v) is 12.6. The molecule has 1 atom stereocenters. The Morgan fingerprint density at radius 1 is 1.24 bits per heavy atom. The summed E-state index contributed by atoms with van der Waals surface area (Å²) in [4.78, 5) is 14.3. The number of aromatic nitrogens is 2. The first kappa shape index (κ1) is 30.5. The highest BCUT2D eigenvalue weighted by molar-refractivity contribution is 7.18. The molecule has 2 heterocycles. The molecule has 0 N–H and O–H groups in total. The normalized spacial score (nSPS) is 16.5. The van der Waals surface area contributed by atoms with Gasteiger partial charge < -0.3 is 18.9 Å². The Morgan fingerprint density at radius 2 is 1.95 bits per heavy atom. The number of halogens is 2.